The SMILES string of the molecule is Cc1cc(C(=O)O)c(C)n1C1CCc2ccccc2C1. The molecule has 0 spiro atoms. The van der Waals surface area contributed by atoms with Crippen molar-refractivity contribution in [3.8, 4) is 0 Å². The summed E-state index contributed by atoms with van der Waals surface area (Å²) in [6, 6.07) is 10.7. The molecule has 1 aromatic carbocycles. The summed E-state index contributed by atoms with van der Waals surface area (Å²) in [5.41, 5.74) is 5.18. The van der Waals surface area contributed by atoms with Gasteiger partial charge in [-0.25, -0.2) is 4.79 Å². The molecule has 1 N–H and O–H groups in total. The Morgan fingerprint density at radius 2 is 1.95 bits per heavy atom. The molecule has 3 nitrogen and oxygen atoms in total. The molecular formula is C17H19NO2. The zero-order chi connectivity index (χ0) is 14.3. The van der Waals surface area contributed by atoms with Crippen LogP contribution < -0.4 is 0 Å². The number of rotatable bonds is 2. The van der Waals surface area contributed by atoms with Crippen LogP contribution in [0.4, 0.5) is 0 Å². The van der Waals surface area contributed by atoms with Crippen molar-refractivity contribution in [2.45, 2.75) is 39.2 Å². The lowest BCUT2D eigenvalue weighted by molar-refractivity contribution is 0.0696. The minimum absolute atomic E-state index is 0.373. The van der Waals surface area contributed by atoms with Crippen molar-refractivity contribution in [1.82, 2.24) is 4.57 Å². The number of nitrogens with zero attached hydrogens (tertiary/aromatic N) is 1. The van der Waals surface area contributed by atoms with Crippen LogP contribution in [0, 0.1) is 13.8 Å². The number of benzene rings is 1. The van der Waals surface area contributed by atoms with E-state index < -0.39 is 5.97 Å². The minimum Gasteiger partial charge on any atom is -0.478 e. The highest BCUT2D eigenvalue weighted by Crippen LogP contribution is 2.32. The second-order valence-electron chi connectivity index (χ2n) is 5.63. The molecule has 1 aliphatic rings. The molecule has 3 heteroatoms. The van der Waals surface area contributed by atoms with Gasteiger partial charge in [0.1, 0.15) is 0 Å². The Balaban J connectivity index is 1.98. The van der Waals surface area contributed by atoms with Crippen LogP contribution >= 0.6 is 0 Å². The van der Waals surface area contributed by atoms with Crippen molar-refractivity contribution in [3.63, 3.8) is 0 Å². The summed E-state index contributed by atoms with van der Waals surface area (Å²) in [7, 11) is 0. The molecule has 20 heavy (non-hydrogen) atoms. The number of carboxylic acids is 1. The summed E-state index contributed by atoms with van der Waals surface area (Å²) in [4.78, 5) is 11.3. The van der Waals surface area contributed by atoms with E-state index in [-0.39, 0.29) is 0 Å². The Hall–Kier alpha value is -2.03. The number of aryl methyl sites for hydroxylation is 2. The molecule has 1 aromatic heterocycles. The molecule has 0 aliphatic heterocycles. The number of aromatic nitrogens is 1. The van der Waals surface area contributed by atoms with Gasteiger partial charge in [-0.2, -0.15) is 0 Å². The molecule has 0 saturated carbocycles. The predicted octanol–water partition coefficient (Wildman–Crippen LogP) is 3.53. The monoisotopic (exact) mass is 269 g/mol. The molecule has 3 rings (SSSR count). The van der Waals surface area contributed by atoms with Gasteiger partial charge >= 0.3 is 5.97 Å². The van der Waals surface area contributed by atoms with Gasteiger partial charge in [0.25, 0.3) is 0 Å². The number of hydrogen-bond acceptors (Lipinski definition) is 1. The van der Waals surface area contributed by atoms with E-state index in [0.29, 0.717) is 11.6 Å². The number of carboxylic acid groups (broad SMARTS) is 1. The third-order valence-electron chi connectivity index (χ3n) is 4.40. The Kier molecular flexibility index (Phi) is 3.13. The summed E-state index contributed by atoms with van der Waals surface area (Å²) in [6.45, 7) is 3.91. The molecule has 0 bridgehead atoms. The lowest BCUT2D eigenvalue weighted by Crippen LogP contribution is -2.20. The van der Waals surface area contributed by atoms with Gasteiger partial charge in [0.05, 0.1) is 5.56 Å². The van der Waals surface area contributed by atoms with E-state index in [1.807, 2.05) is 13.8 Å². The van der Waals surface area contributed by atoms with Crippen molar-refractivity contribution in [2.24, 2.45) is 0 Å². The molecule has 1 atom stereocenters. The van der Waals surface area contributed by atoms with Gasteiger partial charge in [-0.15, -0.1) is 0 Å². The quantitative estimate of drug-likeness (QED) is 0.906. The first-order valence-corrected chi connectivity index (χ1v) is 7.06. The maximum atomic E-state index is 11.3. The van der Waals surface area contributed by atoms with Crippen LogP contribution in [0.3, 0.4) is 0 Å². The average molecular weight is 269 g/mol. The first-order chi connectivity index (χ1) is 9.58. The molecular weight excluding hydrogens is 250 g/mol. The van der Waals surface area contributed by atoms with E-state index in [9.17, 15) is 9.90 Å². The molecule has 1 unspecified atom stereocenters. The topological polar surface area (TPSA) is 42.2 Å². The van der Waals surface area contributed by atoms with Crippen LogP contribution in [0.15, 0.2) is 30.3 Å². The van der Waals surface area contributed by atoms with Gasteiger partial charge in [0.15, 0.2) is 0 Å². The van der Waals surface area contributed by atoms with E-state index in [2.05, 4.69) is 28.8 Å². The van der Waals surface area contributed by atoms with Gasteiger partial charge in [-0.05, 0) is 50.3 Å². The maximum absolute atomic E-state index is 11.3. The Morgan fingerprint density at radius 1 is 1.25 bits per heavy atom. The summed E-state index contributed by atoms with van der Waals surface area (Å²) in [6.07, 6.45) is 3.14. The highest BCUT2D eigenvalue weighted by atomic mass is 16.4. The second kappa shape index (κ2) is 4.82. The second-order valence-corrected chi connectivity index (χ2v) is 5.63. The molecule has 0 radical (unpaired) electrons. The molecule has 1 aliphatic carbocycles. The minimum atomic E-state index is -0.833. The fraction of sp³-hybridized carbons (Fsp3) is 0.353. The van der Waals surface area contributed by atoms with E-state index in [1.165, 1.54) is 11.1 Å². The summed E-state index contributed by atoms with van der Waals surface area (Å²) >= 11 is 0. The van der Waals surface area contributed by atoms with Crippen molar-refractivity contribution in [1.29, 1.82) is 0 Å². The van der Waals surface area contributed by atoms with Crippen molar-refractivity contribution < 1.29 is 9.90 Å². The van der Waals surface area contributed by atoms with Crippen LogP contribution in [-0.2, 0) is 12.8 Å². The first kappa shape index (κ1) is 13.0. The smallest absolute Gasteiger partial charge is 0.337 e. The fourth-order valence-electron chi connectivity index (χ4n) is 3.45. The van der Waals surface area contributed by atoms with E-state index >= 15 is 0 Å². The van der Waals surface area contributed by atoms with Crippen LogP contribution in [-0.4, -0.2) is 15.6 Å². The zero-order valence-electron chi connectivity index (χ0n) is 11.9. The van der Waals surface area contributed by atoms with Crippen LogP contribution in [0.2, 0.25) is 0 Å². The van der Waals surface area contributed by atoms with Gasteiger partial charge in [-0.1, -0.05) is 24.3 Å². The maximum Gasteiger partial charge on any atom is 0.337 e. The van der Waals surface area contributed by atoms with Gasteiger partial charge in [0.2, 0.25) is 0 Å². The van der Waals surface area contributed by atoms with Crippen LogP contribution in [0.5, 0.6) is 0 Å². The Bertz CT molecular complexity index is 670. The lowest BCUT2D eigenvalue weighted by Gasteiger charge is -2.28. The van der Waals surface area contributed by atoms with Gasteiger partial charge < -0.3 is 9.67 Å². The molecule has 2 aromatic rings. The van der Waals surface area contributed by atoms with Crippen molar-refractivity contribution in [2.75, 3.05) is 0 Å². The predicted molar refractivity (Wildman–Crippen MR) is 78.4 cm³/mol. The van der Waals surface area contributed by atoms with Gasteiger partial charge in [-0.3, -0.25) is 0 Å². The summed E-state index contributed by atoms with van der Waals surface area (Å²) < 4.78 is 2.21. The zero-order valence-corrected chi connectivity index (χ0v) is 11.9. The van der Waals surface area contributed by atoms with Crippen LogP contribution in [0.25, 0.3) is 0 Å². The molecule has 0 amide bonds. The fourth-order valence-corrected chi connectivity index (χ4v) is 3.45. The Morgan fingerprint density at radius 3 is 2.60 bits per heavy atom. The molecule has 0 saturated heterocycles. The number of aromatic carboxylic acids is 1. The highest BCUT2D eigenvalue weighted by molar-refractivity contribution is 5.89. The van der Waals surface area contributed by atoms with Crippen molar-refractivity contribution >= 4 is 5.97 Å². The number of carbonyl (C=O) groups is 1. The van der Waals surface area contributed by atoms with Crippen molar-refractivity contribution in [3.05, 3.63) is 58.4 Å². The van der Waals surface area contributed by atoms with E-state index in [0.717, 1.165) is 30.7 Å². The largest absolute Gasteiger partial charge is 0.478 e. The lowest BCUT2D eigenvalue weighted by atomic mass is 9.88. The standard InChI is InChI=1S/C17H19NO2/c1-11-9-16(17(19)20)12(2)18(11)15-8-7-13-5-3-4-6-14(13)10-15/h3-6,9,15H,7-8,10H2,1-2H3,(H,19,20). The van der Waals surface area contributed by atoms with E-state index in [1.54, 1.807) is 6.07 Å². The number of fused-ring (bicyclic) bond motifs is 1. The highest BCUT2D eigenvalue weighted by Gasteiger charge is 2.24. The first-order valence-electron chi connectivity index (χ1n) is 7.06. The summed E-state index contributed by atoms with van der Waals surface area (Å²) in [5.74, 6) is -0.833. The molecule has 0 fully saturated rings. The molecule has 1 heterocycles. The third kappa shape index (κ3) is 2.03. The summed E-state index contributed by atoms with van der Waals surface area (Å²) in [5, 5.41) is 9.25. The molecule has 104 valence electrons. The average Bonchev–Trinajstić information content (AvgIpc) is 2.74. The Labute approximate surface area is 118 Å². The van der Waals surface area contributed by atoms with Gasteiger partial charge in [0, 0.05) is 17.4 Å². The van der Waals surface area contributed by atoms with Crippen LogP contribution in [0.1, 0.15) is 45.3 Å². The third-order valence-corrected chi connectivity index (χ3v) is 4.40. The normalized spacial score (nSPS) is 17.8. The van der Waals surface area contributed by atoms with E-state index in [4.69, 9.17) is 0 Å². The number of hydrogen-bond donors (Lipinski definition) is 1.